The zero-order valence-corrected chi connectivity index (χ0v) is 38.2. The van der Waals surface area contributed by atoms with E-state index in [1.54, 1.807) is 24.4 Å². The molecule has 0 spiro atoms. The average Bonchev–Trinajstić information content (AvgIpc) is 3.56. The summed E-state index contributed by atoms with van der Waals surface area (Å²) < 4.78 is 7.51. The van der Waals surface area contributed by atoms with Gasteiger partial charge in [-0.25, -0.2) is 0 Å². The molecule has 3 aliphatic rings. The first kappa shape index (κ1) is 45.1. The maximum atomic E-state index is 14.8. The predicted octanol–water partition coefficient (Wildman–Crippen LogP) is 7.62. The first-order chi connectivity index (χ1) is 31.0. The molecular formula is C54H61N3O6Si. The van der Waals surface area contributed by atoms with Crippen LogP contribution in [-0.2, 0) is 20.6 Å². The number of carbonyl (C=O) groups is 2. The summed E-state index contributed by atoms with van der Waals surface area (Å²) in [6.07, 6.45) is 4.93. The van der Waals surface area contributed by atoms with Gasteiger partial charge in [0.1, 0.15) is 5.75 Å². The number of aromatic nitrogens is 1. The number of hydrogen-bond acceptors (Lipinski definition) is 8. The van der Waals surface area contributed by atoms with Gasteiger partial charge in [0.2, 0.25) is 11.8 Å². The lowest BCUT2D eigenvalue weighted by atomic mass is 9.68. The summed E-state index contributed by atoms with van der Waals surface area (Å²) in [5.41, 5.74) is 5.01. The summed E-state index contributed by atoms with van der Waals surface area (Å²) in [6, 6.07) is 43.6. The number of phenols is 1. The number of imide groups is 1. The summed E-state index contributed by atoms with van der Waals surface area (Å²) in [7, 11) is -3.08. The van der Waals surface area contributed by atoms with Crippen LogP contribution in [0, 0.1) is 17.8 Å². The molecule has 64 heavy (non-hydrogen) atoms. The van der Waals surface area contributed by atoms with Crippen LogP contribution >= 0.6 is 0 Å². The lowest BCUT2D eigenvalue weighted by molar-refractivity contribution is -0.144. The minimum Gasteiger partial charge on any atom is -0.508 e. The zero-order chi connectivity index (χ0) is 44.8. The van der Waals surface area contributed by atoms with E-state index in [0.29, 0.717) is 24.8 Å². The standard InChI is InChI=1S/C54H61N3O6Si/c1-54(2,3)64(44-20-9-5-10-21-44,45-22-11-6-12-23-45)63-37-41-34-46-51(53(62)57(52(46)61)42-27-30-56(31-28-42)35-38-16-7-4-8-17-38)47(36-58)50(41)49(60)26-25-40(48-24-13-14-29-55-48)32-39-18-15-19-43(59)33-39/h4-24,29,32-33,42,46-47,49,51,58-60H,25-28,30-31,34-37H2,1-3H3/b40-32-/t46-,47+,49-,51-/m1/s1. The second-order valence-corrected chi connectivity index (χ2v) is 23.0. The van der Waals surface area contributed by atoms with Gasteiger partial charge in [-0.05, 0) is 106 Å². The Morgan fingerprint density at radius 1 is 0.844 bits per heavy atom. The summed E-state index contributed by atoms with van der Waals surface area (Å²) in [6.45, 7) is 8.74. The lowest BCUT2D eigenvalue weighted by Gasteiger charge is -2.44. The fourth-order valence-electron chi connectivity index (χ4n) is 10.7. The summed E-state index contributed by atoms with van der Waals surface area (Å²) in [5, 5.41) is 36.2. The molecule has 3 heterocycles. The van der Waals surface area contributed by atoms with Crippen LogP contribution in [0.1, 0.15) is 69.7 Å². The van der Waals surface area contributed by atoms with E-state index in [1.165, 1.54) is 10.5 Å². The highest BCUT2D eigenvalue weighted by Crippen LogP contribution is 2.48. The number of aromatic hydroxyl groups is 1. The SMILES string of the molecule is CC(C)(C)[Si](OCC1=C([C@H](O)CC/C(=C/c2cccc(O)c2)c2ccccn2)[C@H](CO)[C@@H]2C(=O)N(C3CCN(Cc4ccccc4)CC3)C(=O)[C@@H]2C1)(c1ccccc1)c1ccccc1. The van der Waals surface area contributed by atoms with Gasteiger partial charge >= 0.3 is 0 Å². The third-order valence-corrected chi connectivity index (χ3v) is 18.7. The number of hydrogen-bond donors (Lipinski definition) is 3. The maximum Gasteiger partial charge on any atom is 0.261 e. The predicted molar refractivity (Wildman–Crippen MR) is 255 cm³/mol. The van der Waals surface area contributed by atoms with E-state index >= 15 is 0 Å². The number of piperidine rings is 1. The number of aliphatic hydroxyl groups is 2. The minimum absolute atomic E-state index is 0.130. The number of fused-ring (bicyclic) bond motifs is 1. The van der Waals surface area contributed by atoms with Crippen molar-refractivity contribution in [2.24, 2.45) is 17.8 Å². The second kappa shape index (κ2) is 19.7. The van der Waals surface area contributed by atoms with Gasteiger partial charge in [0.15, 0.2) is 0 Å². The van der Waals surface area contributed by atoms with Gasteiger partial charge in [-0.1, -0.05) is 130 Å². The van der Waals surface area contributed by atoms with Crippen molar-refractivity contribution in [2.45, 2.75) is 76.6 Å². The van der Waals surface area contributed by atoms with E-state index < -0.39 is 38.8 Å². The molecule has 4 atom stereocenters. The van der Waals surface area contributed by atoms with Crippen molar-refractivity contribution in [3.63, 3.8) is 0 Å². The molecule has 2 aliphatic heterocycles. The van der Waals surface area contributed by atoms with Crippen molar-refractivity contribution < 1.29 is 29.3 Å². The molecule has 0 bridgehead atoms. The Kier molecular flexibility index (Phi) is 13.9. The molecule has 4 aromatic carbocycles. The van der Waals surface area contributed by atoms with Gasteiger partial charge in [-0.15, -0.1) is 0 Å². The van der Waals surface area contributed by atoms with E-state index in [2.05, 4.69) is 67.1 Å². The molecule has 2 saturated heterocycles. The van der Waals surface area contributed by atoms with Crippen LogP contribution < -0.4 is 10.4 Å². The number of allylic oxidation sites excluding steroid dienone is 1. The minimum atomic E-state index is -3.08. The molecule has 332 valence electrons. The molecular weight excluding hydrogens is 815 g/mol. The van der Waals surface area contributed by atoms with Crippen LogP contribution in [0.2, 0.25) is 5.04 Å². The van der Waals surface area contributed by atoms with Gasteiger partial charge in [0.25, 0.3) is 8.32 Å². The molecule has 1 aliphatic carbocycles. The topological polar surface area (TPSA) is 123 Å². The highest BCUT2D eigenvalue weighted by atomic mass is 28.4. The van der Waals surface area contributed by atoms with Gasteiger partial charge in [-0.3, -0.25) is 24.4 Å². The van der Waals surface area contributed by atoms with Crippen LogP contribution in [-0.4, -0.2) is 88.7 Å². The van der Waals surface area contributed by atoms with Gasteiger partial charge < -0.3 is 19.7 Å². The molecule has 9 nitrogen and oxygen atoms in total. The van der Waals surface area contributed by atoms with Crippen molar-refractivity contribution in [3.8, 4) is 5.75 Å². The third-order valence-electron chi connectivity index (χ3n) is 13.7. The Bertz CT molecular complexity index is 2390. The Morgan fingerprint density at radius 3 is 2.08 bits per heavy atom. The number of pyridine rings is 1. The molecule has 0 unspecified atom stereocenters. The first-order valence-electron chi connectivity index (χ1n) is 22.8. The fraction of sp³-hybridized carbons (Fsp3) is 0.352. The quantitative estimate of drug-likeness (QED) is 0.0558. The molecule has 0 radical (unpaired) electrons. The van der Waals surface area contributed by atoms with Crippen molar-refractivity contribution in [1.82, 2.24) is 14.8 Å². The maximum absolute atomic E-state index is 14.8. The smallest absolute Gasteiger partial charge is 0.261 e. The van der Waals surface area contributed by atoms with E-state index in [9.17, 15) is 24.9 Å². The van der Waals surface area contributed by atoms with Gasteiger partial charge in [-0.2, -0.15) is 0 Å². The number of aliphatic hydroxyl groups excluding tert-OH is 2. The molecule has 10 heteroatoms. The highest BCUT2D eigenvalue weighted by molar-refractivity contribution is 6.99. The second-order valence-electron chi connectivity index (χ2n) is 18.7. The average molecular weight is 876 g/mol. The summed E-state index contributed by atoms with van der Waals surface area (Å²) in [5.74, 6) is -2.52. The number of phenolic OH excluding ortho intramolecular Hbond substituents is 1. The molecule has 2 fully saturated rings. The van der Waals surface area contributed by atoms with Crippen molar-refractivity contribution in [1.29, 1.82) is 0 Å². The molecule has 3 N–H and O–H groups in total. The van der Waals surface area contributed by atoms with Crippen LogP contribution in [0.5, 0.6) is 5.75 Å². The van der Waals surface area contributed by atoms with Crippen LogP contribution in [0.3, 0.4) is 0 Å². The van der Waals surface area contributed by atoms with Crippen LogP contribution in [0.25, 0.3) is 11.6 Å². The normalized spacial score (nSPS) is 20.7. The number of rotatable bonds is 15. The van der Waals surface area contributed by atoms with E-state index in [-0.39, 0.29) is 48.1 Å². The number of nitrogens with zero attached hydrogens (tertiary/aromatic N) is 3. The Morgan fingerprint density at radius 2 is 1.48 bits per heavy atom. The van der Waals surface area contributed by atoms with Crippen molar-refractivity contribution >= 4 is 42.2 Å². The van der Waals surface area contributed by atoms with Gasteiger partial charge in [0.05, 0.1) is 36.8 Å². The molecule has 2 amide bonds. The van der Waals surface area contributed by atoms with E-state index in [1.807, 2.05) is 84.9 Å². The fourth-order valence-corrected chi connectivity index (χ4v) is 15.2. The highest BCUT2D eigenvalue weighted by Gasteiger charge is 2.57. The summed E-state index contributed by atoms with van der Waals surface area (Å²) in [4.78, 5) is 38.1. The summed E-state index contributed by atoms with van der Waals surface area (Å²) >= 11 is 0. The molecule has 0 saturated carbocycles. The Labute approximate surface area is 378 Å². The zero-order valence-electron chi connectivity index (χ0n) is 37.2. The van der Waals surface area contributed by atoms with E-state index in [4.69, 9.17) is 4.43 Å². The van der Waals surface area contributed by atoms with E-state index in [0.717, 1.165) is 52.4 Å². The van der Waals surface area contributed by atoms with Crippen molar-refractivity contribution in [3.05, 3.63) is 168 Å². The molecule has 5 aromatic rings. The number of likely N-dealkylation sites (tertiary alicyclic amines) is 2. The number of benzene rings is 4. The van der Waals surface area contributed by atoms with Gasteiger partial charge in [0, 0.05) is 37.8 Å². The van der Waals surface area contributed by atoms with Crippen LogP contribution in [0.15, 0.2) is 151 Å². The number of amides is 2. The lowest BCUT2D eigenvalue weighted by Crippen LogP contribution is -2.66. The Balaban J connectivity index is 1.14. The van der Waals surface area contributed by atoms with Crippen molar-refractivity contribution in [2.75, 3.05) is 26.3 Å². The number of carbonyl (C=O) groups excluding carboxylic acids is 2. The largest absolute Gasteiger partial charge is 0.508 e. The molecule has 8 rings (SSSR count). The third kappa shape index (κ3) is 9.34. The molecule has 1 aromatic heterocycles. The first-order valence-corrected chi connectivity index (χ1v) is 24.7. The van der Waals surface area contributed by atoms with Crippen LogP contribution in [0.4, 0.5) is 0 Å². The monoisotopic (exact) mass is 875 g/mol. The Hall–Kier alpha value is -5.49.